The van der Waals surface area contributed by atoms with Crippen molar-refractivity contribution in [1.29, 1.82) is 0 Å². The summed E-state index contributed by atoms with van der Waals surface area (Å²) >= 11 is 0. The molecule has 2 amide bonds. The van der Waals surface area contributed by atoms with E-state index in [1.807, 2.05) is 71.9 Å². The highest BCUT2D eigenvalue weighted by Crippen LogP contribution is 2.25. The molecule has 0 bridgehead atoms. The first-order valence-corrected chi connectivity index (χ1v) is 10.0. The summed E-state index contributed by atoms with van der Waals surface area (Å²) in [6.07, 6.45) is -0.419. The Balaban J connectivity index is 1.98. The first-order valence-electron chi connectivity index (χ1n) is 10.0. The van der Waals surface area contributed by atoms with Crippen molar-refractivity contribution >= 4 is 12.2 Å². The minimum absolute atomic E-state index is 0.121. The van der Waals surface area contributed by atoms with E-state index >= 15 is 0 Å². The van der Waals surface area contributed by atoms with Gasteiger partial charge in [-0.15, -0.1) is 0 Å². The van der Waals surface area contributed by atoms with Crippen molar-refractivity contribution in [3.8, 4) is 0 Å². The maximum Gasteiger partial charge on any atom is 0.410 e. The minimum Gasteiger partial charge on any atom is -0.445 e. The fourth-order valence-electron chi connectivity index (χ4n) is 3.19. The van der Waals surface area contributed by atoms with Gasteiger partial charge in [0.05, 0.1) is 24.3 Å². The molecule has 1 saturated heterocycles. The van der Waals surface area contributed by atoms with Crippen molar-refractivity contribution in [2.24, 2.45) is 0 Å². The van der Waals surface area contributed by atoms with Gasteiger partial charge in [0.25, 0.3) is 0 Å². The first-order chi connectivity index (χ1) is 13.4. The minimum atomic E-state index is -0.577. The Kier molecular flexibility index (Phi) is 7.52. The fraction of sp³-hybridized carbons (Fsp3) is 0.636. The predicted molar refractivity (Wildman–Crippen MR) is 111 cm³/mol. The molecule has 1 aromatic carbocycles. The molecule has 1 heterocycles. The summed E-state index contributed by atoms with van der Waals surface area (Å²) in [5.74, 6) is 0. The lowest BCUT2D eigenvalue weighted by Crippen LogP contribution is -2.44. The molecule has 0 radical (unpaired) electrons. The molecule has 0 aliphatic carbocycles. The smallest absolute Gasteiger partial charge is 0.410 e. The van der Waals surface area contributed by atoms with Gasteiger partial charge in [-0.1, -0.05) is 30.3 Å². The van der Waals surface area contributed by atoms with Crippen molar-refractivity contribution in [3.05, 3.63) is 35.9 Å². The molecule has 0 saturated carbocycles. The number of amides is 2. The van der Waals surface area contributed by atoms with Crippen LogP contribution in [0, 0.1) is 0 Å². The molecule has 2 unspecified atom stereocenters. The van der Waals surface area contributed by atoms with E-state index in [-0.39, 0.29) is 30.9 Å². The van der Waals surface area contributed by atoms with Gasteiger partial charge in [-0.3, -0.25) is 0 Å². The van der Waals surface area contributed by atoms with Crippen molar-refractivity contribution in [2.75, 3.05) is 13.1 Å². The van der Waals surface area contributed by atoms with Crippen molar-refractivity contribution in [1.82, 2.24) is 10.2 Å². The van der Waals surface area contributed by atoms with Gasteiger partial charge < -0.3 is 24.4 Å². The molecule has 0 aromatic heterocycles. The predicted octanol–water partition coefficient (Wildman–Crippen LogP) is 4.11. The van der Waals surface area contributed by atoms with E-state index in [1.54, 1.807) is 4.90 Å². The SMILES string of the molecule is CC(C)(C)OC(=O)NCC1CC(OC(C)(C)C)CN1C(=O)OCc1ccccc1. The summed E-state index contributed by atoms with van der Waals surface area (Å²) in [6.45, 7) is 12.3. The van der Waals surface area contributed by atoms with E-state index in [2.05, 4.69) is 5.32 Å². The van der Waals surface area contributed by atoms with Gasteiger partial charge in [0.2, 0.25) is 0 Å². The molecule has 1 aromatic rings. The molecule has 2 rings (SSSR count). The van der Waals surface area contributed by atoms with E-state index < -0.39 is 17.8 Å². The van der Waals surface area contributed by atoms with E-state index in [0.29, 0.717) is 13.0 Å². The van der Waals surface area contributed by atoms with Crippen LogP contribution in [0.25, 0.3) is 0 Å². The highest BCUT2D eigenvalue weighted by atomic mass is 16.6. The number of carbonyl (C=O) groups excluding carboxylic acids is 2. The molecule has 7 nitrogen and oxygen atoms in total. The van der Waals surface area contributed by atoms with Gasteiger partial charge in [0.1, 0.15) is 12.2 Å². The Morgan fingerprint density at radius 3 is 2.31 bits per heavy atom. The number of carbonyl (C=O) groups is 2. The molecular formula is C22H34N2O5. The van der Waals surface area contributed by atoms with Gasteiger partial charge in [0.15, 0.2) is 0 Å². The average Bonchev–Trinajstić information content (AvgIpc) is 2.98. The Labute approximate surface area is 173 Å². The molecule has 1 N–H and O–H groups in total. The van der Waals surface area contributed by atoms with Crippen LogP contribution in [-0.4, -0.2) is 53.5 Å². The summed E-state index contributed by atoms with van der Waals surface area (Å²) in [4.78, 5) is 26.4. The standard InChI is InChI=1S/C22H34N2O5/c1-21(2,3)28-18-12-17(13-23-19(25)29-22(4,5)6)24(14-18)20(26)27-15-16-10-8-7-9-11-16/h7-11,17-18H,12-15H2,1-6H3,(H,23,25). The molecule has 1 aliphatic heterocycles. The number of rotatable bonds is 5. The van der Waals surface area contributed by atoms with E-state index in [1.165, 1.54) is 0 Å². The van der Waals surface area contributed by atoms with Crippen molar-refractivity contribution in [3.63, 3.8) is 0 Å². The molecule has 0 spiro atoms. The summed E-state index contributed by atoms with van der Waals surface area (Å²) in [5.41, 5.74) is 0.0231. The number of nitrogens with zero attached hydrogens (tertiary/aromatic N) is 1. The van der Waals surface area contributed by atoms with Crippen LogP contribution in [0.15, 0.2) is 30.3 Å². The summed E-state index contributed by atoms with van der Waals surface area (Å²) in [6, 6.07) is 9.31. The van der Waals surface area contributed by atoms with Gasteiger partial charge >= 0.3 is 12.2 Å². The lowest BCUT2D eigenvalue weighted by molar-refractivity contribution is -0.0539. The first kappa shape index (κ1) is 23.0. The molecular weight excluding hydrogens is 372 g/mol. The third-order valence-corrected chi connectivity index (χ3v) is 4.22. The van der Waals surface area contributed by atoms with Gasteiger partial charge in [-0.25, -0.2) is 9.59 Å². The maximum atomic E-state index is 12.7. The Morgan fingerprint density at radius 1 is 1.07 bits per heavy atom. The zero-order valence-electron chi connectivity index (χ0n) is 18.4. The Hall–Kier alpha value is -2.28. The quantitative estimate of drug-likeness (QED) is 0.796. The monoisotopic (exact) mass is 406 g/mol. The zero-order valence-corrected chi connectivity index (χ0v) is 18.4. The van der Waals surface area contributed by atoms with Crippen LogP contribution in [-0.2, 0) is 20.8 Å². The number of likely N-dealkylation sites (tertiary alicyclic amines) is 1. The summed E-state index contributed by atoms with van der Waals surface area (Å²) in [5, 5.41) is 2.76. The normalized spacial score (nSPS) is 19.7. The second-order valence-corrected chi connectivity index (χ2v) is 9.32. The number of benzene rings is 1. The van der Waals surface area contributed by atoms with Crippen LogP contribution in [0.2, 0.25) is 0 Å². The molecule has 2 atom stereocenters. The van der Waals surface area contributed by atoms with E-state index in [4.69, 9.17) is 14.2 Å². The highest BCUT2D eigenvalue weighted by molar-refractivity contribution is 5.70. The molecule has 29 heavy (non-hydrogen) atoms. The van der Waals surface area contributed by atoms with Crippen LogP contribution >= 0.6 is 0 Å². The van der Waals surface area contributed by atoms with Crippen LogP contribution in [0.5, 0.6) is 0 Å². The topological polar surface area (TPSA) is 77.1 Å². The molecule has 7 heteroatoms. The van der Waals surface area contributed by atoms with Crippen LogP contribution < -0.4 is 5.32 Å². The van der Waals surface area contributed by atoms with Gasteiger partial charge in [-0.2, -0.15) is 0 Å². The molecule has 162 valence electrons. The van der Waals surface area contributed by atoms with Crippen molar-refractivity contribution < 1.29 is 23.8 Å². The second-order valence-electron chi connectivity index (χ2n) is 9.32. The molecule has 1 fully saturated rings. The lowest BCUT2D eigenvalue weighted by Gasteiger charge is -2.25. The number of hydrogen-bond acceptors (Lipinski definition) is 5. The van der Waals surface area contributed by atoms with Crippen LogP contribution in [0.1, 0.15) is 53.5 Å². The number of nitrogens with one attached hydrogen (secondary N) is 1. The van der Waals surface area contributed by atoms with Gasteiger partial charge in [0, 0.05) is 6.54 Å². The van der Waals surface area contributed by atoms with E-state index in [9.17, 15) is 9.59 Å². The third kappa shape index (κ3) is 8.31. The summed E-state index contributed by atoms with van der Waals surface area (Å²) < 4.78 is 16.9. The number of alkyl carbamates (subject to hydrolysis) is 1. The van der Waals surface area contributed by atoms with Gasteiger partial charge in [-0.05, 0) is 53.5 Å². The fourth-order valence-corrected chi connectivity index (χ4v) is 3.19. The number of ether oxygens (including phenoxy) is 3. The third-order valence-electron chi connectivity index (χ3n) is 4.22. The second kappa shape index (κ2) is 9.48. The largest absolute Gasteiger partial charge is 0.445 e. The van der Waals surface area contributed by atoms with E-state index in [0.717, 1.165) is 5.56 Å². The lowest BCUT2D eigenvalue weighted by atomic mass is 10.1. The highest BCUT2D eigenvalue weighted by Gasteiger charge is 2.38. The Bertz CT molecular complexity index is 679. The number of hydrogen-bond donors (Lipinski definition) is 1. The maximum absolute atomic E-state index is 12.7. The van der Waals surface area contributed by atoms with Crippen molar-refractivity contribution in [2.45, 2.75) is 77.9 Å². The van der Waals surface area contributed by atoms with Crippen LogP contribution in [0.3, 0.4) is 0 Å². The average molecular weight is 407 g/mol. The van der Waals surface area contributed by atoms with Crippen LogP contribution in [0.4, 0.5) is 9.59 Å². The Morgan fingerprint density at radius 2 is 1.72 bits per heavy atom. The summed E-state index contributed by atoms with van der Waals surface area (Å²) in [7, 11) is 0. The molecule has 1 aliphatic rings. The zero-order chi connectivity index (χ0) is 21.7.